The van der Waals surface area contributed by atoms with Crippen molar-refractivity contribution in [1.29, 1.82) is 0 Å². The van der Waals surface area contributed by atoms with E-state index >= 15 is 0 Å². The van der Waals surface area contributed by atoms with Gasteiger partial charge in [0.1, 0.15) is 5.82 Å². The monoisotopic (exact) mass is 435 g/mol. The van der Waals surface area contributed by atoms with E-state index in [-0.39, 0.29) is 10.8 Å². The Morgan fingerprint density at radius 1 is 1.23 bits per heavy atom. The molecule has 166 valence electrons. The number of hydrogen-bond donors (Lipinski definition) is 0. The molecular formula is C21H33N5O3S. The molecule has 1 aromatic carbocycles. The first-order valence-electron chi connectivity index (χ1n) is 10.5. The van der Waals surface area contributed by atoms with Gasteiger partial charge in [0, 0.05) is 52.6 Å². The number of carbonyl (C=O) groups is 1. The van der Waals surface area contributed by atoms with Gasteiger partial charge in [-0.15, -0.1) is 0 Å². The standard InChI is InChI=1S/C21H33N5O3S/c1-6-26-19-10-9-17(30(28,29)24(4)5)14-18(19)22-20(26)11-12-21(27)25-13-7-8-16(15-25)23(2)3/h9-10,14,16H,6-8,11-13,15H2,1-5H3. The molecule has 2 aromatic rings. The lowest BCUT2D eigenvalue weighted by Crippen LogP contribution is -2.47. The maximum atomic E-state index is 12.8. The Labute approximate surface area is 179 Å². The van der Waals surface area contributed by atoms with Crippen LogP contribution in [0.5, 0.6) is 0 Å². The van der Waals surface area contributed by atoms with Crippen molar-refractivity contribution in [3.63, 3.8) is 0 Å². The summed E-state index contributed by atoms with van der Waals surface area (Å²) in [5, 5.41) is 0. The Kier molecular flexibility index (Phi) is 6.84. The van der Waals surface area contributed by atoms with Crippen LogP contribution in [0.15, 0.2) is 23.1 Å². The molecule has 3 rings (SSSR count). The Hall–Kier alpha value is -1.97. The fraction of sp³-hybridized carbons (Fsp3) is 0.619. The van der Waals surface area contributed by atoms with Gasteiger partial charge in [-0.05, 0) is 52.1 Å². The third-order valence-corrected chi connectivity index (χ3v) is 7.75. The van der Waals surface area contributed by atoms with Gasteiger partial charge in [0.05, 0.1) is 15.9 Å². The summed E-state index contributed by atoms with van der Waals surface area (Å²) in [6.07, 6.45) is 3.11. The first kappa shape index (κ1) is 22.7. The van der Waals surface area contributed by atoms with Crippen molar-refractivity contribution in [1.82, 2.24) is 23.7 Å². The van der Waals surface area contributed by atoms with Crippen LogP contribution in [0.1, 0.15) is 32.0 Å². The molecule has 1 unspecified atom stereocenters. The summed E-state index contributed by atoms with van der Waals surface area (Å²) in [7, 11) is 3.65. The van der Waals surface area contributed by atoms with Crippen molar-refractivity contribution in [2.45, 2.75) is 50.1 Å². The Balaban J connectivity index is 1.78. The number of aromatic nitrogens is 2. The minimum atomic E-state index is -3.51. The van der Waals surface area contributed by atoms with Crippen molar-refractivity contribution in [3.8, 4) is 0 Å². The molecule has 1 aromatic heterocycles. The van der Waals surface area contributed by atoms with Crippen LogP contribution in [0.3, 0.4) is 0 Å². The number of carbonyl (C=O) groups excluding carboxylic acids is 1. The quantitative estimate of drug-likeness (QED) is 0.663. The van der Waals surface area contributed by atoms with Gasteiger partial charge >= 0.3 is 0 Å². The van der Waals surface area contributed by atoms with E-state index in [9.17, 15) is 13.2 Å². The molecule has 8 nitrogen and oxygen atoms in total. The topological polar surface area (TPSA) is 78.8 Å². The third kappa shape index (κ3) is 4.53. The molecule has 30 heavy (non-hydrogen) atoms. The summed E-state index contributed by atoms with van der Waals surface area (Å²) in [6.45, 7) is 4.34. The number of sulfonamides is 1. The number of rotatable bonds is 7. The molecule has 9 heteroatoms. The van der Waals surface area contributed by atoms with Crippen LogP contribution in [0.2, 0.25) is 0 Å². The predicted molar refractivity (Wildman–Crippen MR) is 118 cm³/mol. The van der Waals surface area contributed by atoms with Crippen LogP contribution in [-0.4, -0.2) is 85.3 Å². The van der Waals surface area contributed by atoms with E-state index < -0.39 is 10.0 Å². The highest BCUT2D eigenvalue weighted by Gasteiger charge is 2.25. The van der Waals surface area contributed by atoms with Crippen LogP contribution in [0, 0.1) is 0 Å². The maximum Gasteiger partial charge on any atom is 0.242 e. The van der Waals surface area contributed by atoms with E-state index in [1.807, 2.05) is 11.8 Å². The summed E-state index contributed by atoms with van der Waals surface area (Å²) >= 11 is 0. The van der Waals surface area contributed by atoms with E-state index in [2.05, 4.69) is 28.5 Å². The summed E-state index contributed by atoms with van der Waals surface area (Å²) < 4.78 is 28.1. The van der Waals surface area contributed by atoms with Gasteiger partial charge in [0.2, 0.25) is 15.9 Å². The number of nitrogens with zero attached hydrogens (tertiary/aromatic N) is 5. The molecular weight excluding hydrogens is 402 g/mol. The third-order valence-electron chi connectivity index (χ3n) is 5.94. The molecule has 0 spiro atoms. The highest BCUT2D eigenvalue weighted by atomic mass is 32.2. The molecule has 1 aliphatic rings. The van der Waals surface area contributed by atoms with Crippen LogP contribution >= 0.6 is 0 Å². The molecule has 0 radical (unpaired) electrons. The summed E-state index contributed by atoms with van der Waals surface area (Å²) in [5.41, 5.74) is 1.54. The largest absolute Gasteiger partial charge is 0.341 e. The molecule has 0 saturated carbocycles. The fourth-order valence-electron chi connectivity index (χ4n) is 4.05. The lowest BCUT2D eigenvalue weighted by Gasteiger charge is -2.36. The number of fused-ring (bicyclic) bond motifs is 1. The van der Waals surface area contributed by atoms with E-state index in [4.69, 9.17) is 0 Å². The minimum absolute atomic E-state index is 0.159. The summed E-state index contributed by atoms with van der Waals surface area (Å²) in [4.78, 5) is 21.9. The van der Waals surface area contributed by atoms with Crippen molar-refractivity contribution in [2.75, 3.05) is 41.3 Å². The van der Waals surface area contributed by atoms with E-state index in [1.165, 1.54) is 18.4 Å². The van der Waals surface area contributed by atoms with Gasteiger partial charge in [-0.1, -0.05) is 0 Å². The predicted octanol–water partition coefficient (Wildman–Crippen LogP) is 1.79. The van der Waals surface area contributed by atoms with Crippen molar-refractivity contribution >= 4 is 27.0 Å². The number of aryl methyl sites for hydroxylation is 2. The van der Waals surface area contributed by atoms with Gasteiger partial charge < -0.3 is 14.4 Å². The van der Waals surface area contributed by atoms with Gasteiger partial charge in [0.25, 0.3) is 0 Å². The molecule has 1 aliphatic heterocycles. The molecule has 1 atom stereocenters. The maximum absolute atomic E-state index is 12.8. The van der Waals surface area contributed by atoms with E-state index in [0.29, 0.717) is 30.9 Å². The van der Waals surface area contributed by atoms with Crippen molar-refractivity contribution in [3.05, 3.63) is 24.0 Å². The average molecular weight is 436 g/mol. The number of amides is 1. The number of likely N-dealkylation sites (N-methyl/N-ethyl adjacent to an activating group) is 1. The average Bonchev–Trinajstić information content (AvgIpc) is 3.08. The van der Waals surface area contributed by atoms with Crippen LogP contribution in [0.4, 0.5) is 0 Å². The van der Waals surface area contributed by atoms with Crippen molar-refractivity contribution < 1.29 is 13.2 Å². The van der Waals surface area contributed by atoms with Gasteiger partial charge in [-0.25, -0.2) is 17.7 Å². The summed E-state index contributed by atoms with van der Waals surface area (Å²) in [6, 6.07) is 5.46. The number of hydrogen-bond acceptors (Lipinski definition) is 5. The second-order valence-electron chi connectivity index (χ2n) is 8.31. The first-order valence-corrected chi connectivity index (χ1v) is 11.9. The first-order chi connectivity index (χ1) is 14.1. The molecule has 0 aliphatic carbocycles. The fourth-order valence-corrected chi connectivity index (χ4v) is 4.98. The molecule has 1 amide bonds. The number of imidazole rings is 1. The number of likely N-dealkylation sites (tertiary alicyclic amines) is 1. The zero-order chi connectivity index (χ0) is 22.1. The minimum Gasteiger partial charge on any atom is -0.341 e. The number of piperidine rings is 1. The molecule has 0 N–H and O–H groups in total. The molecule has 0 bridgehead atoms. The van der Waals surface area contributed by atoms with Crippen LogP contribution in [0.25, 0.3) is 11.0 Å². The summed E-state index contributed by atoms with van der Waals surface area (Å²) in [5.74, 6) is 0.980. The van der Waals surface area contributed by atoms with Crippen LogP contribution in [-0.2, 0) is 27.8 Å². The lowest BCUT2D eigenvalue weighted by atomic mass is 10.0. The molecule has 2 heterocycles. The van der Waals surface area contributed by atoms with E-state index in [0.717, 1.165) is 37.3 Å². The molecule has 1 fully saturated rings. The highest BCUT2D eigenvalue weighted by molar-refractivity contribution is 7.89. The Morgan fingerprint density at radius 3 is 2.60 bits per heavy atom. The van der Waals surface area contributed by atoms with Crippen molar-refractivity contribution in [2.24, 2.45) is 0 Å². The Morgan fingerprint density at radius 2 is 1.97 bits per heavy atom. The second kappa shape index (κ2) is 9.03. The van der Waals surface area contributed by atoms with Gasteiger partial charge in [0.15, 0.2) is 0 Å². The lowest BCUT2D eigenvalue weighted by molar-refractivity contribution is -0.133. The zero-order valence-electron chi connectivity index (χ0n) is 18.6. The van der Waals surface area contributed by atoms with Crippen LogP contribution < -0.4 is 0 Å². The highest BCUT2D eigenvalue weighted by Crippen LogP contribution is 2.23. The smallest absolute Gasteiger partial charge is 0.242 e. The zero-order valence-corrected chi connectivity index (χ0v) is 19.4. The second-order valence-corrected chi connectivity index (χ2v) is 10.5. The SMILES string of the molecule is CCn1c(CCC(=O)N2CCCC(N(C)C)C2)nc2cc(S(=O)(=O)N(C)C)ccc21. The van der Waals surface area contributed by atoms with E-state index in [1.54, 1.807) is 18.2 Å². The normalized spacial score (nSPS) is 18.0. The van der Waals surface area contributed by atoms with Gasteiger partial charge in [-0.2, -0.15) is 0 Å². The Bertz CT molecular complexity index is 1010. The molecule has 1 saturated heterocycles. The number of benzene rings is 1. The van der Waals surface area contributed by atoms with Gasteiger partial charge in [-0.3, -0.25) is 4.79 Å².